The van der Waals surface area contributed by atoms with Crippen molar-refractivity contribution in [1.29, 1.82) is 0 Å². The Morgan fingerprint density at radius 1 is 1.13 bits per heavy atom. The van der Waals surface area contributed by atoms with Crippen LogP contribution in [0.4, 0.5) is 4.39 Å². The number of halogens is 2. The molecule has 1 aromatic carbocycles. The summed E-state index contributed by atoms with van der Waals surface area (Å²) in [7, 11) is 0. The Morgan fingerprint density at radius 3 is 2.53 bits per heavy atom. The third-order valence-electron chi connectivity index (χ3n) is 1.64. The number of hydrogen-bond donors (Lipinski definition) is 0. The number of benzene rings is 1. The maximum absolute atomic E-state index is 12.6. The Hall–Kier alpha value is -1.13. The second-order valence-electron chi connectivity index (χ2n) is 2.73. The molecule has 0 unspecified atom stereocenters. The van der Waals surface area contributed by atoms with Gasteiger partial charge in [0.25, 0.3) is 0 Å². The van der Waals surface area contributed by atoms with Crippen molar-refractivity contribution in [2.75, 3.05) is 0 Å². The molecule has 0 spiro atoms. The van der Waals surface area contributed by atoms with Crippen molar-refractivity contribution in [3.8, 4) is 0 Å². The largest absolute Gasteiger partial charge is 0.230 e. The van der Waals surface area contributed by atoms with E-state index in [4.69, 9.17) is 11.6 Å². The lowest BCUT2D eigenvalue weighted by molar-refractivity contribution is 0.626. The molecular weight excluding hydrogens is 235 g/mol. The molecule has 2 nitrogen and oxygen atoms in total. The molecule has 0 saturated heterocycles. The molecule has 2 aromatic rings. The molecule has 2 rings (SSSR count). The Morgan fingerprint density at radius 2 is 1.87 bits per heavy atom. The Kier molecular flexibility index (Phi) is 3.18. The van der Waals surface area contributed by atoms with E-state index in [1.165, 1.54) is 30.2 Å². The number of hydrogen-bond acceptors (Lipinski definition) is 3. The molecule has 76 valence electrons. The highest BCUT2D eigenvalue weighted by molar-refractivity contribution is 7.99. The predicted molar refractivity (Wildman–Crippen MR) is 57.6 cm³/mol. The van der Waals surface area contributed by atoms with Gasteiger partial charge in [-0.3, -0.25) is 0 Å². The number of aromatic nitrogens is 2. The Bertz CT molecular complexity index is 461. The van der Waals surface area contributed by atoms with Gasteiger partial charge in [0.15, 0.2) is 0 Å². The van der Waals surface area contributed by atoms with E-state index in [0.717, 1.165) is 9.92 Å². The summed E-state index contributed by atoms with van der Waals surface area (Å²) in [6.07, 6.45) is 1.40. The van der Waals surface area contributed by atoms with Crippen LogP contribution in [0.25, 0.3) is 0 Å². The molecule has 0 amide bonds. The molecule has 0 atom stereocenters. The maximum Gasteiger partial charge on any atom is 0.133 e. The second kappa shape index (κ2) is 4.59. The minimum atomic E-state index is -0.250. The summed E-state index contributed by atoms with van der Waals surface area (Å²) in [6, 6.07) is 7.86. The molecule has 0 aliphatic carbocycles. The van der Waals surface area contributed by atoms with Crippen LogP contribution in [0, 0.1) is 5.82 Å². The van der Waals surface area contributed by atoms with Gasteiger partial charge in [-0.1, -0.05) is 23.4 Å². The van der Waals surface area contributed by atoms with Crippen LogP contribution in [0.2, 0.25) is 5.15 Å². The van der Waals surface area contributed by atoms with Crippen LogP contribution >= 0.6 is 23.4 Å². The maximum atomic E-state index is 12.6. The van der Waals surface area contributed by atoms with Crippen LogP contribution in [0.15, 0.2) is 46.6 Å². The first-order chi connectivity index (χ1) is 7.24. The van der Waals surface area contributed by atoms with Gasteiger partial charge < -0.3 is 0 Å². The first kappa shape index (κ1) is 10.4. The molecular formula is C10H6ClFN2S. The average Bonchev–Trinajstić information content (AvgIpc) is 2.22. The lowest BCUT2D eigenvalue weighted by atomic mass is 10.4. The van der Waals surface area contributed by atoms with E-state index in [-0.39, 0.29) is 5.82 Å². The van der Waals surface area contributed by atoms with Gasteiger partial charge in [0.1, 0.15) is 22.3 Å². The predicted octanol–water partition coefficient (Wildman–Crippen LogP) is 3.42. The Balaban J connectivity index is 2.18. The zero-order chi connectivity index (χ0) is 10.7. The normalized spacial score (nSPS) is 10.3. The fraction of sp³-hybridized carbons (Fsp3) is 0. The molecule has 0 N–H and O–H groups in total. The summed E-state index contributed by atoms with van der Waals surface area (Å²) in [6.45, 7) is 0. The SMILES string of the molecule is Fc1ccc(Sc2cc(Cl)ncn2)cc1. The third kappa shape index (κ3) is 2.91. The third-order valence-corrected chi connectivity index (χ3v) is 2.79. The quantitative estimate of drug-likeness (QED) is 0.753. The highest BCUT2D eigenvalue weighted by atomic mass is 35.5. The topological polar surface area (TPSA) is 25.8 Å². The molecule has 0 radical (unpaired) electrons. The average molecular weight is 241 g/mol. The number of rotatable bonds is 2. The molecule has 0 aliphatic rings. The summed E-state index contributed by atoms with van der Waals surface area (Å²) in [4.78, 5) is 8.72. The van der Waals surface area contributed by atoms with E-state index in [9.17, 15) is 4.39 Å². The number of nitrogens with zero attached hydrogens (tertiary/aromatic N) is 2. The van der Waals surface area contributed by atoms with Gasteiger partial charge >= 0.3 is 0 Å². The summed E-state index contributed by atoms with van der Waals surface area (Å²) in [5.74, 6) is -0.250. The van der Waals surface area contributed by atoms with Crippen molar-refractivity contribution < 1.29 is 4.39 Å². The van der Waals surface area contributed by atoms with Gasteiger partial charge in [0, 0.05) is 11.0 Å². The van der Waals surface area contributed by atoms with E-state index in [1.807, 2.05) is 0 Å². The van der Waals surface area contributed by atoms with Gasteiger partial charge in [-0.15, -0.1) is 0 Å². The molecule has 0 saturated carbocycles. The van der Waals surface area contributed by atoms with Crippen molar-refractivity contribution in [2.24, 2.45) is 0 Å². The van der Waals surface area contributed by atoms with Crippen LogP contribution in [0.5, 0.6) is 0 Å². The first-order valence-corrected chi connectivity index (χ1v) is 5.34. The van der Waals surface area contributed by atoms with Gasteiger partial charge in [0.2, 0.25) is 0 Å². The minimum Gasteiger partial charge on any atom is -0.230 e. The summed E-state index contributed by atoms with van der Waals surface area (Å²) in [5, 5.41) is 1.14. The van der Waals surface area contributed by atoms with Crippen LogP contribution in [0.3, 0.4) is 0 Å². The van der Waals surface area contributed by atoms with Crippen LogP contribution < -0.4 is 0 Å². The highest BCUT2D eigenvalue weighted by Gasteiger charge is 2.00. The molecule has 1 aromatic heterocycles. The second-order valence-corrected chi connectivity index (χ2v) is 4.22. The minimum absolute atomic E-state index is 0.250. The molecule has 0 aliphatic heterocycles. The van der Waals surface area contributed by atoms with Crippen molar-refractivity contribution in [2.45, 2.75) is 9.92 Å². The van der Waals surface area contributed by atoms with Crippen LogP contribution in [0.1, 0.15) is 0 Å². The van der Waals surface area contributed by atoms with Gasteiger partial charge in [-0.05, 0) is 24.3 Å². The summed E-state index contributed by atoms with van der Waals surface area (Å²) >= 11 is 7.12. The molecule has 5 heteroatoms. The lowest BCUT2D eigenvalue weighted by Crippen LogP contribution is -1.82. The Labute approximate surface area is 95.5 Å². The first-order valence-electron chi connectivity index (χ1n) is 4.15. The van der Waals surface area contributed by atoms with Crippen molar-refractivity contribution in [1.82, 2.24) is 9.97 Å². The lowest BCUT2D eigenvalue weighted by Gasteiger charge is -2.00. The van der Waals surface area contributed by atoms with E-state index >= 15 is 0 Å². The molecule has 0 fully saturated rings. The van der Waals surface area contributed by atoms with E-state index in [2.05, 4.69) is 9.97 Å². The van der Waals surface area contributed by atoms with E-state index in [0.29, 0.717) is 5.15 Å². The van der Waals surface area contributed by atoms with E-state index in [1.54, 1.807) is 18.2 Å². The molecule has 15 heavy (non-hydrogen) atoms. The molecule has 0 bridgehead atoms. The van der Waals surface area contributed by atoms with Crippen molar-refractivity contribution in [3.63, 3.8) is 0 Å². The highest BCUT2D eigenvalue weighted by Crippen LogP contribution is 2.26. The standard InChI is InChI=1S/C10H6ClFN2S/c11-9-5-10(14-6-13-9)15-8-3-1-7(12)2-4-8/h1-6H. The molecule has 1 heterocycles. The zero-order valence-corrected chi connectivity index (χ0v) is 9.10. The van der Waals surface area contributed by atoms with Crippen LogP contribution in [-0.4, -0.2) is 9.97 Å². The summed E-state index contributed by atoms with van der Waals surface area (Å²) < 4.78 is 12.6. The smallest absolute Gasteiger partial charge is 0.133 e. The van der Waals surface area contributed by atoms with Crippen LogP contribution in [-0.2, 0) is 0 Å². The van der Waals surface area contributed by atoms with Crippen molar-refractivity contribution in [3.05, 3.63) is 47.6 Å². The monoisotopic (exact) mass is 240 g/mol. The van der Waals surface area contributed by atoms with Crippen molar-refractivity contribution >= 4 is 23.4 Å². The van der Waals surface area contributed by atoms with Gasteiger partial charge in [-0.25, -0.2) is 14.4 Å². The fourth-order valence-corrected chi connectivity index (χ4v) is 1.99. The summed E-state index contributed by atoms with van der Waals surface area (Å²) in [5.41, 5.74) is 0. The van der Waals surface area contributed by atoms with Gasteiger partial charge in [-0.2, -0.15) is 0 Å². The zero-order valence-electron chi connectivity index (χ0n) is 7.52. The fourth-order valence-electron chi connectivity index (χ4n) is 0.997. The van der Waals surface area contributed by atoms with E-state index < -0.39 is 0 Å². The van der Waals surface area contributed by atoms with Gasteiger partial charge in [0.05, 0.1) is 0 Å².